The van der Waals surface area contributed by atoms with Crippen molar-refractivity contribution in [3.8, 4) is 0 Å². The minimum absolute atomic E-state index is 0.00740. The van der Waals surface area contributed by atoms with Gasteiger partial charge in [0.05, 0.1) is 17.1 Å². The van der Waals surface area contributed by atoms with Gasteiger partial charge >= 0.3 is 0 Å². The summed E-state index contributed by atoms with van der Waals surface area (Å²) in [5.41, 5.74) is 2.81. The number of nitrogens with one attached hydrogen (secondary N) is 1. The first-order chi connectivity index (χ1) is 7.48. The van der Waals surface area contributed by atoms with Crippen LogP contribution >= 0.6 is 0 Å². The normalized spacial score (nSPS) is 12.9. The Kier molecular flexibility index (Phi) is 1.55. The summed E-state index contributed by atoms with van der Waals surface area (Å²) in [5.74, 6) is 0. The lowest BCUT2D eigenvalue weighted by Gasteiger charge is -2.19. The molecule has 0 atom stereocenters. The molecule has 4 nitrogen and oxygen atoms in total. The average molecular weight is 215 g/mol. The second-order valence-corrected chi connectivity index (χ2v) is 5.16. The second kappa shape index (κ2) is 2.64. The molecule has 4 heteroatoms. The van der Waals surface area contributed by atoms with Crippen LogP contribution in [0.4, 0.5) is 0 Å². The zero-order valence-electron chi connectivity index (χ0n) is 9.53. The Morgan fingerprint density at radius 1 is 1.31 bits per heavy atom. The zero-order chi connectivity index (χ0) is 11.5. The maximum absolute atomic E-state index is 11.6. The second-order valence-electron chi connectivity index (χ2n) is 5.16. The van der Waals surface area contributed by atoms with Crippen LogP contribution in [-0.2, 0) is 5.41 Å². The Morgan fingerprint density at radius 3 is 2.75 bits per heavy atom. The molecular formula is C12H13N3O. The van der Waals surface area contributed by atoms with Crippen molar-refractivity contribution in [2.45, 2.75) is 26.2 Å². The number of aromatic nitrogens is 3. The maximum Gasteiger partial charge on any atom is 0.259 e. The molecule has 3 aromatic heterocycles. The molecule has 0 amide bonds. The summed E-state index contributed by atoms with van der Waals surface area (Å²) in [5, 5.41) is 4.97. The number of aromatic amines is 1. The van der Waals surface area contributed by atoms with E-state index in [1.54, 1.807) is 6.20 Å². The van der Waals surface area contributed by atoms with E-state index in [2.05, 4.69) is 30.9 Å². The van der Waals surface area contributed by atoms with E-state index in [-0.39, 0.29) is 11.0 Å². The van der Waals surface area contributed by atoms with Gasteiger partial charge in [0.2, 0.25) is 0 Å². The summed E-state index contributed by atoms with van der Waals surface area (Å²) in [4.78, 5) is 14.4. The van der Waals surface area contributed by atoms with Crippen LogP contribution in [0.1, 0.15) is 26.5 Å². The van der Waals surface area contributed by atoms with E-state index < -0.39 is 0 Å². The van der Waals surface area contributed by atoms with E-state index in [0.717, 1.165) is 16.7 Å². The van der Waals surface area contributed by atoms with Gasteiger partial charge in [0, 0.05) is 11.1 Å². The van der Waals surface area contributed by atoms with Gasteiger partial charge in [0.1, 0.15) is 5.52 Å². The summed E-state index contributed by atoms with van der Waals surface area (Å²) in [7, 11) is 0. The minimum atomic E-state index is -0.0592. The largest absolute Gasteiger partial charge is 0.320 e. The molecule has 0 saturated carbocycles. The van der Waals surface area contributed by atoms with Gasteiger partial charge in [-0.3, -0.25) is 4.79 Å². The monoisotopic (exact) mass is 215 g/mol. The van der Waals surface area contributed by atoms with Crippen LogP contribution in [0.25, 0.3) is 16.4 Å². The van der Waals surface area contributed by atoms with E-state index in [1.165, 1.54) is 0 Å². The van der Waals surface area contributed by atoms with Crippen LogP contribution in [-0.4, -0.2) is 14.6 Å². The van der Waals surface area contributed by atoms with Crippen molar-refractivity contribution in [1.29, 1.82) is 0 Å². The Labute approximate surface area is 92.2 Å². The molecule has 0 spiro atoms. The third-order valence-electron chi connectivity index (χ3n) is 2.92. The van der Waals surface area contributed by atoms with E-state index in [9.17, 15) is 4.79 Å². The molecule has 3 aromatic rings. The minimum Gasteiger partial charge on any atom is -0.320 e. The fourth-order valence-electron chi connectivity index (χ4n) is 2.13. The molecule has 82 valence electrons. The summed E-state index contributed by atoms with van der Waals surface area (Å²) in [6, 6.07) is 3.97. The van der Waals surface area contributed by atoms with Crippen molar-refractivity contribution in [2.75, 3.05) is 0 Å². The van der Waals surface area contributed by atoms with E-state index in [0.29, 0.717) is 5.39 Å². The van der Waals surface area contributed by atoms with Gasteiger partial charge < -0.3 is 4.98 Å². The van der Waals surface area contributed by atoms with Gasteiger partial charge in [0.15, 0.2) is 0 Å². The van der Waals surface area contributed by atoms with Crippen LogP contribution < -0.4 is 5.56 Å². The highest BCUT2D eigenvalue weighted by Gasteiger charge is 2.20. The molecule has 0 saturated heterocycles. The molecule has 0 bridgehead atoms. The lowest BCUT2D eigenvalue weighted by atomic mass is 9.91. The number of nitrogens with zero attached hydrogens (tertiary/aromatic N) is 2. The molecule has 0 aliphatic carbocycles. The van der Waals surface area contributed by atoms with Crippen LogP contribution in [0.15, 0.2) is 23.1 Å². The van der Waals surface area contributed by atoms with Gasteiger partial charge in [-0.05, 0) is 12.1 Å². The van der Waals surface area contributed by atoms with Gasteiger partial charge in [-0.1, -0.05) is 20.8 Å². The maximum atomic E-state index is 11.6. The zero-order valence-corrected chi connectivity index (χ0v) is 9.53. The molecule has 0 aliphatic heterocycles. The summed E-state index contributed by atoms with van der Waals surface area (Å²) in [6.07, 6.45) is 1.64. The molecule has 0 fully saturated rings. The number of hydrogen-bond acceptors (Lipinski definition) is 2. The van der Waals surface area contributed by atoms with Crippen LogP contribution in [0.2, 0.25) is 0 Å². The highest BCUT2D eigenvalue weighted by molar-refractivity contribution is 5.93. The SMILES string of the molecule is CC(C)(C)c1ccc2[nH]c(=O)c3cnn1c23. The fraction of sp³-hybridized carbons (Fsp3) is 0.333. The Balaban J connectivity index is 2.55. The molecule has 1 N–H and O–H groups in total. The summed E-state index contributed by atoms with van der Waals surface area (Å²) >= 11 is 0. The topological polar surface area (TPSA) is 50.2 Å². The lowest BCUT2D eigenvalue weighted by Crippen LogP contribution is -2.16. The molecule has 0 aliphatic rings. The highest BCUT2D eigenvalue weighted by Crippen LogP contribution is 2.26. The molecule has 0 radical (unpaired) electrons. The van der Waals surface area contributed by atoms with Crippen molar-refractivity contribution < 1.29 is 0 Å². The van der Waals surface area contributed by atoms with Gasteiger partial charge in [0.25, 0.3) is 5.56 Å². The molecule has 16 heavy (non-hydrogen) atoms. The molecule has 0 aromatic carbocycles. The predicted octanol–water partition coefficient (Wildman–Crippen LogP) is 1.91. The number of H-pyrrole nitrogens is 1. The number of rotatable bonds is 0. The van der Waals surface area contributed by atoms with Crippen molar-refractivity contribution in [2.24, 2.45) is 0 Å². The van der Waals surface area contributed by atoms with Gasteiger partial charge in [-0.2, -0.15) is 5.10 Å². The lowest BCUT2D eigenvalue weighted by molar-refractivity contribution is 0.549. The Bertz CT molecular complexity index is 715. The number of pyridine rings is 1. The van der Waals surface area contributed by atoms with Gasteiger partial charge in [-0.15, -0.1) is 0 Å². The standard InChI is InChI=1S/C12H13N3O/c1-12(2,3)9-5-4-8-10-7(11(16)14-8)6-13-15(9)10/h4-6H,1-3H3,(H,14,16). The van der Waals surface area contributed by atoms with Crippen LogP contribution in [0, 0.1) is 0 Å². The first-order valence-corrected chi connectivity index (χ1v) is 5.31. The van der Waals surface area contributed by atoms with Crippen molar-refractivity contribution in [3.63, 3.8) is 0 Å². The van der Waals surface area contributed by atoms with Crippen molar-refractivity contribution in [1.82, 2.24) is 14.6 Å². The van der Waals surface area contributed by atoms with Crippen molar-refractivity contribution in [3.05, 3.63) is 34.4 Å². The van der Waals surface area contributed by atoms with Gasteiger partial charge in [-0.25, -0.2) is 4.52 Å². The van der Waals surface area contributed by atoms with E-state index in [1.807, 2.05) is 16.6 Å². The highest BCUT2D eigenvalue weighted by atomic mass is 16.1. The van der Waals surface area contributed by atoms with E-state index >= 15 is 0 Å². The smallest absolute Gasteiger partial charge is 0.259 e. The van der Waals surface area contributed by atoms with Crippen LogP contribution in [0.5, 0.6) is 0 Å². The molecule has 3 rings (SSSR count). The summed E-state index contributed by atoms with van der Waals surface area (Å²) in [6.45, 7) is 6.40. The molecule has 0 unspecified atom stereocenters. The third kappa shape index (κ3) is 1.04. The quantitative estimate of drug-likeness (QED) is 0.622. The first-order valence-electron chi connectivity index (χ1n) is 5.31. The third-order valence-corrected chi connectivity index (χ3v) is 2.92. The Hall–Kier alpha value is -1.84. The summed E-state index contributed by atoms with van der Waals surface area (Å²) < 4.78 is 1.86. The molecule has 3 heterocycles. The van der Waals surface area contributed by atoms with Crippen LogP contribution in [0.3, 0.4) is 0 Å². The molecular weight excluding hydrogens is 202 g/mol. The van der Waals surface area contributed by atoms with E-state index in [4.69, 9.17) is 0 Å². The predicted molar refractivity (Wildman–Crippen MR) is 63.2 cm³/mol. The fourth-order valence-corrected chi connectivity index (χ4v) is 2.13. The van der Waals surface area contributed by atoms with Crippen molar-refractivity contribution >= 4 is 16.4 Å². The number of hydrogen-bond donors (Lipinski definition) is 1. The Morgan fingerprint density at radius 2 is 2.06 bits per heavy atom. The average Bonchev–Trinajstić information content (AvgIpc) is 2.72. The first kappa shape index (κ1) is 9.39.